The molecule has 0 radical (unpaired) electrons. The van der Waals surface area contributed by atoms with Crippen LogP contribution in [0.3, 0.4) is 0 Å². The minimum absolute atomic E-state index is 0.247. The molecule has 21 heavy (non-hydrogen) atoms. The first-order valence-corrected chi connectivity index (χ1v) is 9.21. The van der Waals surface area contributed by atoms with Crippen molar-refractivity contribution in [3.05, 3.63) is 35.4 Å². The molecule has 0 atom stereocenters. The molecule has 0 saturated carbocycles. The summed E-state index contributed by atoms with van der Waals surface area (Å²) in [6, 6.07) is 9.21. The van der Waals surface area contributed by atoms with Gasteiger partial charge in [-0.05, 0) is 36.1 Å². The van der Waals surface area contributed by atoms with E-state index in [1.165, 1.54) is 50.3 Å². The summed E-state index contributed by atoms with van der Waals surface area (Å²) in [4.78, 5) is 5.16. The standard InChI is InChI=1S/C18H29BrN2/c1-18(2,3)17-7-5-16(6-8-17)15-21-11-4-10-20(12-9-19)13-14-21/h5-8H,4,9-15H2,1-3H3. The molecule has 0 N–H and O–H groups in total. The minimum atomic E-state index is 0.247. The molecule has 0 spiro atoms. The van der Waals surface area contributed by atoms with Crippen LogP contribution >= 0.6 is 15.9 Å². The molecule has 1 saturated heterocycles. The normalized spacial score (nSPS) is 18.7. The van der Waals surface area contributed by atoms with Gasteiger partial charge in [0.1, 0.15) is 0 Å². The lowest BCUT2D eigenvalue weighted by Gasteiger charge is -2.22. The maximum Gasteiger partial charge on any atom is 0.0234 e. The summed E-state index contributed by atoms with van der Waals surface area (Å²) in [6.07, 6.45) is 1.28. The van der Waals surface area contributed by atoms with Gasteiger partial charge in [-0.1, -0.05) is 61.0 Å². The van der Waals surface area contributed by atoms with Gasteiger partial charge in [0.15, 0.2) is 0 Å². The predicted octanol–water partition coefficient (Wildman–Crippen LogP) is 3.89. The Bertz CT molecular complexity index is 422. The Morgan fingerprint density at radius 3 is 2.19 bits per heavy atom. The lowest BCUT2D eigenvalue weighted by molar-refractivity contribution is 0.258. The molecule has 1 fully saturated rings. The van der Waals surface area contributed by atoms with E-state index in [2.05, 4.69) is 70.8 Å². The van der Waals surface area contributed by atoms with Gasteiger partial charge in [-0.25, -0.2) is 0 Å². The van der Waals surface area contributed by atoms with Crippen LogP contribution in [0.25, 0.3) is 0 Å². The van der Waals surface area contributed by atoms with Crippen molar-refractivity contribution in [2.45, 2.75) is 39.2 Å². The maximum absolute atomic E-state index is 3.55. The van der Waals surface area contributed by atoms with Crippen LogP contribution in [-0.2, 0) is 12.0 Å². The molecule has 0 amide bonds. The molecular formula is C18H29BrN2. The second-order valence-corrected chi connectivity index (χ2v) is 7.90. The number of hydrogen-bond donors (Lipinski definition) is 0. The highest BCUT2D eigenvalue weighted by Crippen LogP contribution is 2.22. The van der Waals surface area contributed by atoms with Crippen molar-refractivity contribution in [1.29, 1.82) is 0 Å². The molecule has 0 unspecified atom stereocenters. The fourth-order valence-electron chi connectivity index (χ4n) is 2.89. The summed E-state index contributed by atoms with van der Waals surface area (Å²) in [5.41, 5.74) is 3.11. The van der Waals surface area contributed by atoms with Crippen molar-refractivity contribution in [3.63, 3.8) is 0 Å². The number of benzene rings is 1. The summed E-state index contributed by atoms with van der Waals surface area (Å²) in [5, 5.41) is 1.08. The number of alkyl halides is 1. The summed E-state index contributed by atoms with van der Waals surface area (Å²) in [7, 11) is 0. The van der Waals surface area contributed by atoms with Gasteiger partial charge in [0.05, 0.1) is 0 Å². The van der Waals surface area contributed by atoms with Crippen LogP contribution in [0.2, 0.25) is 0 Å². The van der Waals surface area contributed by atoms with Crippen molar-refractivity contribution in [3.8, 4) is 0 Å². The minimum Gasteiger partial charge on any atom is -0.301 e. The van der Waals surface area contributed by atoms with E-state index >= 15 is 0 Å². The Labute approximate surface area is 138 Å². The fraction of sp³-hybridized carbons (Fsp3) is 0.667. The van der Waals surface area contributed by atoms with Crippen LogP contribution in [0.1, 0.15) is 38.3 Å². The average molecular weight is 353 g/mol. The first kappa shape index (κ1) is 17.0. The number of halogens is 1. The van der Waals surface area contributed by atoms with Gasteiger partial charge in [-0.15, -0.1) is 0 Å². The van der Waals surface area contributed by atoms with Crippen LogP contribution in [0.15, 0.2) is 24.3 Å². The number of nitrogens with zero attached hydrogens (tertiary/aromatic N) is 2. The first-order chi connectivity index (χ1) is 9.99. The second kappa shape index (κ2) is 7.75. The first-order valence-electron chi connectivity index (χ1n) is 8.09. The van der Waals surface area contributed by atoms with Gasteiger partial charge >= 0.3 is 0 Å². The molecule has 1 aromatic rings. The van der Waals surface area contributed by atoms with Gasteiger partial charge in [0.25, 0.3) is 0 Å². The molecule has 0 aliphatic carbocycles. The Hall–Kier alpha value is -0.380. The van der Waals surface area contributed by atoms with E-state index in [9.17, 15) is 0 Å². The summed E-state index contributed by atoms with van der Waals surface area (Å²) in [6.45, 7) is 13.9. The van der Waals surface area contributed by atoms with Crippen molar-refractivity contribution < 1.29 is 0 Å². The summed E-state index contributed by atoms with van der Waals surface area (Å²) < 4.78 is 0. The smallest absolute Gasteiger partial charge is 0.0234 e. The van der Waals surface area contributed by atoms with Crippen LogP contribution in [0.5, 0.6) is 0 Å². The van der Waals surface area contributed by atoms with Crippen LogP contribution in [0, 0.1) is 0 Å². The number of rotatable bonds is 4. The molecule has 3 heteroatoms. The molecule has 1 aliphatic rings. The number of hydrogen-bond acceptors (Lipinski definition) is 2. The summed E-state index contributed by atoms with van der Waals surface area (Å²) >= 11 is 3.55. The van der Waals surface area contributed by atoms with Gasteiger partial charge in [-0.3, -0.25) is 4.90 Å². The van der Waals surface area contributed by atoms with Gasteiger partial charge in [0.2, 0.25) is 0 Å². The van der Waals surface area contributed by atoms with Crippen LogP contribution in [-0.4, -0.2) is 47.9 Å². The molecule has 1 aromatic carbocycles. The van der Waals surface area contributed by atoms with E-state index in [-0.39, 0.29) is 5.41 Å². The SMILES string of the molecule is CC(C)(C)c1ccc(CN2CCCN(CCBr)CC2)cc1. The third-order valence-electron chi connectivity index (χ3n) is 4.31. The van der Waals surface area contributed by atoms with Crippen molar-refractivity contribution in [2.24, 2.45) is 0 Å². The second-order valence-electron chi connectivity index (χ2n) is 7.11. The van der Waals surface area contributed by atoms with E-state index in [4.69, 9.17) is 0 Å². The zero-order valence-electron chi connectivity index (χ0n) is 13.7. The van der Waals surface area contributed by atoms with E-state index in [1.807, 2.05) is 0 Å². The maximum atomic E-state index is 3.55. The zero-order chi connectivity index (χ0) is 15.3. The van der Waals surface area contributed by atoms with Gasteiger partial charge in [0, 0.05) is 31.5 Å². The highest BCUT2D eigenvalue weighted by Gasteiger charge is 2.16. The highest BCUT2D eigenvalue weighted by atomic mass is 79.9. The van der Waals surface area contributed by atoms with Crippen LogP contribution in [0.4, 0.5) is 0 Å². The Balaban J connectivity index is 1.89. The largest absolute Gasteiger partial charge is 0.301 e. The molecule has 118 valence electrons. The molecule has 1 aliphatic heterocycles. The van der Waals surface area contributed by atoms with Crippen molar-refractivity contribution in [2.75, 3.05) is 38.1 Å². The average Bonchev–Trinajstić information content (AvgIpc) is 2.65. The third-order valence-corrected chi connectivity index (χ3v) is 4.66. The predicted molar refractivity (Wildman–Crippen MR) is 95.3 cm³/mol. The van der Waals surface area contributed by atoms with Gasteiger partial charge in [-0.2, -0.15) is 0 Å². The fourth-order valence-corrected chi connectivity index (χ4v) is 3.40. The lowest BCUT2D eigenvalue weighted by Crippen LogP contribution is -2.31. The van der Waals surface area contributed by atoms with Crippen LogP contribution < -0.4 is 0 Å². The zero-order valence-corrected chi connectivity index (χ0v) is 15.3. The quantitative estimate of drug-likeness (QED) is 0.758. The van der Waals surface area contributed by atoms with E-state index in [0.29, 0.717) is 0 Å². The summed E-state index contributed by atoms with van der Waals surface area (Å²) in [5.74, 6) is 0. The van der Waals surface area contributed by atoms with E-state index in [0.717, 1.165) is 11.9 Å². The molecular weight excluding hydrogens is 324 g/mol. The van der Waals surface area contributed by atoms with Crippen molar-refractivity contribution >= 4 is 15.9 Å². The molecule has 2 rings (SSSR count). The Morgan fingerprint density at radius 2 is 1.57 bits per heavy atom. The van der Waals surface area contributed by atoms with Gasteiger partial charge < -0.3 is 4.90 Å². The van der Waals surface area contributed by atoms with Crippen molar-refractivity contribution in [1.82, 2.24) is 9.80 Å². The lowest BCUT2D eigenvalue weighted by atomic mass is 9.87. The molecule has 0 bridgehead atoms. The molecule has 2 nitrogen and oxygen atoms in total. The van der Waals surface area contributed by atoms with E-state index < -0.39 is 0 Å². The Morgan fingerprint density at radius 1 is 0.952 bits per heavy atom. The molecule has 1 heterocycles. The molecule has 0 aromatic heterocycles. The Kier molecular flexibility index (Phi) is 6.27. The topological polar surface area (TPSA) is 6.48 Å². The monoisotopic (exact) mass is 352 g/mol. The third kappa shape index (κ3) is 5.39. The highest BCUT2D eigenvalue weighted by molar-refractivity contribution is 9.09. The van der Waals surface area contributed by atoms with E-state index in [1.54, 1.807) is 0 Å².